The lowest BCUT2D eigenvalue weighted by Gasteiger charge is -2.19. The van der Waals surface area contributed by atoms with Crippen molar-refractivity contribution in [3.8, 4) is 11.3 Å². The van der Waals surface area contributed by atoms with Crippen LogP contribution in [0.2, 0.25) is 0 Å². The topological polar surface area (TPSA) is 33.2 Å². The minimum Gasteiger partial charge on any atom is -0.348 e. The van der Waals surface area contributed by atoms with Gasteiger partial charge in [-0.3, -0.25) is 4.79 Å². The summed E-state index contributed by atoms with van der Waals surface area (Å²) < 4.78 is 0.901. The molecule has 1 heterocycles. The zero-order valence-electron chi connectivity index (χ0n) is 13.5. The summed E-state index contributed by atoms with van der Waals surface area (Å²) in [4.78, 5) is 18.9. The van der Waals surface area contributed by atoms with E-state index in [2.05, 4.69) is 0 Å². The largest absolute Gasteiger partial charge is 0.348 e. The first kappa shape index (κ1) is 16.7. The molecule has 0 radical (unpaired) electrons. The van der Waals surface area contributed by atoms with E-state index in [-0.39, 0.29) is 11.2 Å². The average molecular weight is 355 g/mol. The Morgan fingerprint density at radius 2 is 1.67 bits per heavy atom. The lowest BCUT2D eigenvalue weighted by atomic mass is 10.1. The number of amides is 1. The van der Waals surface area contributed by atoms with Gasteiger partial charge in [0.2, 0.25) is 5.91 Å². The Bertz CT molecular complexity index is 801. The molecule has 0 aliphatic carbocycles. The van der Waals surface area contributed by atoms with Crippen LogP contribution in [0.25, 0.3) is 11.3 Å². The molecular weight excluding hydrogens is 336 g/mol. The van der Waals surface area contributed by atoms with Gasteiger partial charge in [-0.15, -0.1) is 11.3 Å². The molecule has 24 heavy (non-hydrogen) atoms. The number of thiazole rings is 1. The van der Waals surface area contributed by atoms with E-state index in [9.17, 15) is 4.79 Å². The molecule has 0 fully saturated rings. The van der Waals surface area contributed by atoms with Crippen molar-refractivity contribution in [2.45, 2.75) is 9.59 Å². The summed E-state index contributed by atoms with van der Waals surface area (Å²) in [5.74, 6) is 0.0719. The molecule has 2 aromatic carbocycles. The van der Waals surface area contributed by atoms with Crippen LogP contribution in [-0.2, 0) is 4.79 Å². The van der Waals surface area contributed by atoms with Crippen molar-refractivity contribution in [1.29, 1.82) is 0 Å². The Kier molecular flexibility index (Phi) is 5.33. The van der Waals surface area contributed by atoms with Gasteiger partial charge in [0.25, 0.3) is 0 Å². The third-order valence-electron chi connectivity index (χ3n) is 3.54. The van der Waals surface area contributed by atoms with E-state index in [1.54, 1.807) is 30.3 Å². The van der Waals surface area contributed by atoms with Crippen LogP contribution in [0, 0.1) is 0 Å². The fourth-order valence-corrected chi connectivity index (χ4v) is 4.44. The number of hydrogen-bond acceptors (Lipinski definition) is 4. The summed E-state index contributed by atoms with van der Waals surface area (Å²) in [6.45, 7) is 0. The van der Waals surface area contributed by atoms with Crippen LogP contribution in [0.4, 0.5) is 0 Å². The van der Waals surface area contributed by atoms with E-state index in [0.29, 0.717) is 0 Å². The van der Waals surface area contributed by atoms with Gasteiger partial charge in [0, 0.05) is 25.0 Å². The molecule has 122 valence electrons. The minimum absolute atomic E-state index is 0.0719. The quantitative estimate of drug-likeness (QED) is 0.621. The van der Waals surface area contributed by atoms with Gasteiger partial charge in [0.1, 0.15) is 5.25 Å². The first-order valence-corrected chi connectivity index (χ1v) is 9.35. The van der Waals surface area contributed by atoms with E-state index >= 15 is 0 Å². The summed E-state index contributed by atoms with van der Waals surface area (Å²) in [6.07, 6.45) is 0. The Hall–Kier alpha value is -2.11. The van der Waals surface area contributed by atoms with Gasteiger partial charge in [0.15, 0.2) is 4.34 Å². The van der Waals surface area contributed by atoms with Gasteiger partial charge in [-0.05, 0) is 5.56 Å². The summed E-state index contributed by atoms with van der Waals surface area (Å²) in [5, 5.41) is 1.76. The Morgan fingerprint density at radius 3 is 2.29 bits per heavy atom. The summed E-state index contributed by atoms with van der Waals surface area (Å²) in [6, 6.07) is 20.0. The van der Waals surface area contributed by atoms with Gasteiger partial charge >= 0.3 is 0 Å². The van der Waals surface area contributed by atoms with Gasteiger partial charge in [-0.1, -0.05) is 72.4 Å². The Morgan fingerprint density at radius 1 is 1.04 bits per heavy atom. The lowest BCUT2D eigenvalue weighted by molar-refractivity contribution is -0.128. The first-order chi connectivity index (χ1) is 11.6. The summed E-state index contributed by atoms with van der Waals surface area (Å²) in [5.41, 5.74) is 3.04. The number of hydrogen-bond donors (Lipinski definition) is 0. The average Bonchev–Trinajstić information content (AvgIpc) is 3.09. The van der Waals surface area contributed by atoms with E-state index in [0.717, 1.165) is 21.2 Å². The molecule has 0 spiro atoms. The molecule has 0 bridgehead atoms. The van der Waals surface area contributed by atoms with Gasteiger partial charge in [-0.2, -0.15) is 0 Å². The number of likely N-dealkylation sites (N-methyl/N-ethyl adjacent to an activating group) is 1. The Labute approximate surface area is 150 Å². The van der Waals surface area contributed by atoms with Crippen LogP contribution in [0.1, 0.15) is 10.8 Å². The third kappa shape index (κ3) is 3.86. The standard InChI is InChI=1S/C19H18N2OS2/c1-21(2)18(22)17(15-11-7-4-8-12-15)24-19-20-16(13-23-19)14-9-5-3-6-10-14/h3-13,17H,1-2H3/t17-/m0/s1. The third-order valence-corrected chi connectivity index (χ3v) is 5.75. The van der Waals surface area contributed by atoms with Gasteiger partial charge in [0.05, 0.1) is 5.69 Å². The monoisotopic (exact) mass is 354 g/mol. The van der Waals surface area contributed by atoms with Crippen LogP contribution < -0.4 is 0 Å². The molecule has 0 N–H and O–H groups in total. The lowest BCUT2D eigenvalue weighted by Crippen LogP contribution is -2.26. The highest BCUT2D eigenvalue weighted by Gasteiger charge is 2.24. The SMILES string of the molecule is CN(C)C(=O)[C@@H](Sc1nc(-c2ccccc2)cs1)c1ccccc1. The van der Waals surface area contributed by atoms with E-state index in [1.165, 1.54) is 11.8 Å². The second-order valence-corrected chi connectivity index (χ2v) is 7.72. The highest BCUT2D eigenvalue weighted by molar-refractivity contribution is 8.01. The first-order valence-electron chi connectivity index (χ1n) is 7.59. The zero-order valence-corrected chi connectivity index (χ0v) is 15.2. The van der Waals surface area contributed by atoms with Crippen LogP contribution in [0.15, 0.2) is 70.4 Å². The molecule has 1 atom stereocenters. The summed E-state index contributed by atoms with van der Waals surface area (Å²) in [7, 11) is 3.58. The van der Waals surface area contributed by atoms with Crippen LogP contribution in [0.3, 0.4) is 0 Å². The number of carbonyl (C=O) groups is 1. The van der Waals surface area contributed by atoms with Crippen molar-refractivity contribution in [3.63, 3.8) is 0 Å². The molecule has 0 aliphatic heterocycles. The van der Waals surface area contributed by atoms with E-state index in [1.807, 2.05) is 66.0 Å². The maximum Gasteiger partial charge on any atom is 0.240 e. The summed E-state index contributed by atoms with van der Waals surface area (Å²) >= 11 is 3.09. The fraction of sp³-hybridized carbons (Fsp3) is 0.158. The van der Waals surface area contributed by atoms with Crippen molar-refractivity contribution in [2.24, 2.45) is 0 Å². The van der Waals surface area contributed by atoms with Crippen molar-refractivity contribution in [3.05, 3.63) is 71.6 Å². The number of benzene rings is 2. The number of aromatic nitrogens is 1. The van der Waals surface area contributed by atoms with Gasteiger partial charge < -0.3 is 4.90 Å². The van der Waals surface area contributed by atoms with E-state index < -0.39 is 0 Å². The molecular formula is C19H18N2OS2. The van der Waals surface area contributed by atoms with E-state index in [4.69, 9.17) is 4.98 Å². The molecule has 5 heteroatoms. The molecule has 3 rings (SSSR count). The zero-order chi connectivity index (χ0) is 16.9. The van der Waals surface area contributed by atoms with Crippen molar-refractivity contribution < 1.29 is 4.79 Å². The maximum absolute atomic E-state index is 12.6. The number of nitrogens with zero attached hydrogens (tertiary/aromatic N) is 2. The molecule has 1 aromatic heterocycles. The van der Waals surface area contributed by atoms with Gasteiger partial charge in [-0.25, -0.2) is 4.98 Å². The highest BCUT2D eigenvalue weighted by atomic mass is 32.2. The molecule has 3 nitrogen and oxygen atoms in total. The predicted molar refractivity (Wildman–Crippen MR) is 101 cm³/mol. The smallest absolute Gasteiger partial charge is 0.240 e. The molecule has 0 aliphatic rings. The number of thioether (sulfide) groups is 1. The van der Waals surface area contributed by atoms with Crippen LogP contribution in [-0.4, -0.2) is 29.9 Å². The fourth-order valence-electron chi connectivity index (χ4n) is 2.28. The molecule has 3 aromatic rings. The van der Waals surface area contributed by atoms with Crippen molar-refractivity contribution in [2.75, 3.05) is 14.1 Å². The number of carbonyl (C=O) groups excluding carboxylic acids is 1. The minimum atomic E-state index is -0.282. The Balaban J connectivity index is 1.86. The van der Waals surface area contributed by atoms with Crippen LogP contribution in [0.5, 0.6) is 0 Å². The highest BCUT2D eigenvalue weighted by Crippen LogP contribution is 2.39. The normalized spacial score (nSPS) is 11.9. The number of rotatable bonds is 5. The second kappa shape index (κ2) is 7.64. The molecule has 1 amide bonds. The second-order valence-electron chi connectivity index (χ2n) is 5.51. The van der Waals surface area contributed by atoms with Crippen LogP contribution >= 0.6 is 23.1 Å². The predicted octanol–water partition coefficient (Wildman–Crippen LogP) is 4.73. The molecule has 0 saturated heterocycles. The maximum atomic E-state index is 12.6. The molecule has 0 saturated carbocycles. The van der Waals surface area contributed by atoms with Crippen molar-refractivity contribution in [1.82, 2.24) is 9.88 Å². The van der Waals surface area contributed by atoms with Crippen molar-refractivity contribution >= 4 is 29.0 Å². The molecule has 0 unspecified atom stereocenters.